The van der Waals surface area contributed by atoms with Gasteiger partial charge in [0, 0.05) is 16.6 Å². The van der Waals surface area contributed by atoms with E-state index in [1.807, 2.05) is 0 Å². The number of hydrogen-bond donors (Lipinski definition) is 1. The third kappa shape index (κ3) is 3.14. The summed E-state index contributed by atoms with van der Waals surface area (Å²) in [6.45, 7) is 5.69. The maximum absolute atomic E-state index is 6.42. The van der Waals surface area contributed by atoms with Crippen LogP contribution in [0.4, 0.5) is 0 Å². The molecule has 2 unspecified atom stereocenters. The molecule has 1 saturated heterocycles. The summed E-state index contributed by atoms with van der Waals surface area (Å²) in [4.78, 5) is 2.56. The van der Waals surface area contributed by atoms with E-state index < -0.39 is 0 Å². The van der Waals surface area contributed by atoms with Gasteiger partial charge in [-0.3, -0.25) is 4.90 Å². The van der Waals surface area contributed by atoms with E-state index in [0.29, 0.717) is 12.1 Å². The molecule has 2 rings (SSSR count). The maximum Gasteiger partial charge on any atom is 0.0501 e. The SMILES string of the molecule is CC(C)N1CCCCC(N)C1c1ccc(Br)cc1. The van der Waals surface area contributed by atoms with Crippen LogP contribution in [0.15, 0.2) is 28.7 Å². The molecule has 18 heavy (non-hydrogen) atoms. The molecular formula is C15H23BrN2. The Bertz CT molecular complexity index is 375. The van der Waals surface area contributed by atoms with Gasteiger partial charge in [-0.2, -0.15) is 0 Å². The summed E-state index contributed by atoms with van der Waals surface area (Å²) >= 11 is 3.50. The fourth-order valence-corrected chi connectivity index (χ4v) is 3.16. The second kappa shape index (κ2) is 6.18. The van der Waals surface area contributed by atoms with Crippen molar-refractivity contribution in [2.45, 2.75) is 51.2 Å². The lowest BCUT2D eigenvalue weighted by Gasteiger charge is -2.36. The monoisotopic (exact) mass is 310 g/mol. The maximum atomic E-state index is 6.42. The zero-order valence-corrected chi connectivity index (χ0v) is 12.9. The molecule has 2 N–H and O–H groups in total. The fraction of sp³-hybridized carbons (Fsp3) is 0.600. The first-order valence-corrected chi connectivity index (χ1v) is 7.65. The highest BCUT2D eigenvalue weighted by Crippen LogP contribution is 2.31. The summed E-state index contributed by atoms with van der Waals surface area (Å²) in [5.74, 6) is 0. The molecule has 1 aromatic carbocycles. The predicted molar refractivity (Wildman–Crippen MR) is 80.6 cm³/mol. The molecule has 0 amide bonds. The number of hydrogen-bond acceptors (Lipinski definition) is 2. The summed E-state index contributed by atoms with van der Waals surface area (Å²) in [5, 5.41) is 0. The number of likely N-dealkylation sites (tertiary alicyclic amines) is 1. The molecule has 0 saturated carbocycles. The zero-order valence-electron chi connectivity index (χ0n) is 11.3. The zero-order chi connectivity index (χ0) is 13.1. The van der Waals surface area contributed by atoms with E-state index in [9.17, 15) is 0 Å². The number of rotatable bonds is 2. The van der Waals surface area contributed by atoms with Crippen LogP contribution in [0.3, 0.4) is 0 Å². The van der Waals surface area contributed by atoms with E-state index in [-0.39, 0.29) is 6.04 Å². The van der Waals surface area contributed by atoms with E-state index in [4.69, 9.17) is 5.73 Å². The van der Waals surface area contributed by atoms with Gasteiger partial charge >= 0.3 is 0 Å². The van der Waals surface area contributed by atoms with Crippen LogP contribution >= 0.6 is 15.9 Å². The third-order valence-electron chi connectivity index (χ3n) is 3.84. The third-order valence-corrected chi connectivity index (χ3v) is 4.37. The summed E-state index contributed by atoms with van der Waals surface area (Å²) in [6, 6.07) is 9.79. The first-order valence-electron chi connectivity index (χ1n) is 6.86. The van der Waals surface area contributed by atoms with Crippen molar-refractivity contribution in [3.63, 3.8) is 0 Å². The molecule has 1 heterocycles. The largest absolute Gasteiger partial charge is 0.326 e. The number of benzene rings is 1. The minimum absolute atomic E-state index is 0.246. The van der Waals surface area contributed by atoms with Gasteiger partial charge < -0.3 is 5.73 Å². The molecule has 0 bridgehead atoms. The van der Waals surface area contributed by atoms with Crippen molar-refractivity contribution in [3.8, 4) is 0 Å². The van der Waals surface area contributed by atoms with Gasteiger partial charge in [0.15, 0.2) is 0 Å². The minimum atomic E-state index is 0.246. The number of nitrogens with zero attached hydrogens (tertiary/aromatic N) is 1. The average molecular weight is 311 g/mol. The predicted octanol–water partition coefficient (Wildman–Crippen LogP) is 3.71. The van der Waals surface area contributed by atoms with Crippen molar-refractivity contribution in [2.24, 2.45) is 5.73 Å². The Balaban J connectivity index is 2.31. The van der Waals surface area contributed by atoms with Crippen molar-refractivity contribution in [3.05, 3.63) is 34.3 Å². The van der Waals surface area contributed by atoms with E-state index in [1.54, 1.807) is 0 Å². The van der Waals surface area contributed by atoms with Crippen LogP contribution in [0.1, 0.15) is 44.7 Å². The van der Waals surface area contributed by atoms with Crippen LogP contribution in [-0.2, 0) is 0 Å². The van der Waals surface area contributed by atoms with E-state index in [0.717, 1.165) is 17.4 Å². The van der Waals surface area contributed by atoms with E-state index in [1.165, 1.54) is 18.4 Å². The van der Waals surface area contributed by atoms with Crippen LogP contribution in [0.2, 0.25) is 0 Å². The lowest BCUT2D eigenvalue weighted by molar-refractivity contribution is 0.144. The Morgan fingerprint density at radius 3 is 2.50 bits per heavy atom. The first-order chi connectivity index (χ1) is 8.59. The summed E-state index contributed by atoms with van der Waals surface area (Å²) in [6.07, 6.45) is 3.64. The van der Waals surface area contributed by atoms with Gasteiger partial charge in [0.05, 0.1) is 6.04 Å². The van der Waals surface area contributed by atoms with Crippen molar-refractivity contribution in [1.29, 1.82) is 0 Å². The van der Waals surface area contributed by atoms with E-state index in [2.05, 4.69) is 58.9 Å². The molecular weight excluding hydrogens is 288 g/mol. The van der Waals surface area contributed by atoms with Gasteiger partial charge in [0.2, 0.25) is 0 Å². The summed E-state index contributed by atoms with van der Waals surface area (Å²) < 4.78 is 1.13. The normalized spacial score (nSPS) is 26.3. The Hall–Kier alpha value is -0.380. The molecule has 3 heteroatoms. The molecule has 2 nitrogen and oxygen atoms in total. The van der Waals surface area contributed by atoms with Crippen molar-refractivity contribution in [1.82, 2.24) is 4.90 Å². The topological polar surface area (TPSA) is 29.3 Å². The smallest absolute Gasteiger partial charge is 0.0501 e. The van der Waals surface area contributed by atoms with Gasteiger partial charge in [0.1, 0.15) is 0 Å². The van der Waals surface area contributed by atoms with Crippen molar-refractivity contribution < 1.29 is 0 Å². The molecule has 1 fully saturated rings. The van der Waals surface area contributed by atoms with Gasteiger partial charge in [-0.25, -0.2) is 0 Å². The molecule has 2 atom stereocenters. The molecule has 0 aromatic heterocycles. The summed E-state index contributed by atoms with van der Waals surface area (Å²) in [7, 11) is 0. The highest BCUT2D eigenvalue weighted by Gasteiger charge is 2.30. The van der Waals surface area contributed by atoms with Crippen LogP contribution in [0, 0.1) is 0 Å². The molecule has 0 radical (unpaired) electrons. The Morgan fingerprint density at radius 1 is 1.22 bits per heavy atom. The second-order valence-corrected chi connectivity index (χ2v) is 6.40. The standard InChI is InChI=1S/C15H23BrN2/c1-11(2)18-10-4-3-5-14(17)15(18)12-6-8-13(16)9-7-12/h6-9,11,14-15H,3-5,10,17H2,1-2H3. The quantitative estimate of drug-likeness (QED) is 0.902. The highest BCUT2D eigenvalue weighted by molar-refractivity contribution is 9.10. The lowest BCUT2D eigenvalue weighted by atomic mass is 9.95. The highest BCUT2D eigenvalue weighted by atomic mass is 79.9. The first kappa shape index (κ1) is 14.0. The van der Waals surface area contributed by atoms with Gasteiger partial charge in [0.25, 0.3) is 0 Å². The Morgan fingerprint density at radius 2 is 1.89 bits per heavy atom. The Kier molecular flexibility index (Phi) is 4.82. The number of nitrogens with two attached hydrogens (primary N) is 1. The van der Waals surface area contributed by atoms with Crippen LogP contribution in [-0.4, -0.2) is 23.5 Å². The molecule has 1 aromatic rings. The molecule has 0 aliphatic carbocycles. The van der Waals surface area contributed by atoms with Crippen LogP contribution in [0.5, 0.6) is 0 Å². The van der Waals surface area contributed by atoms with Crippen molar-refractivity contribution >= 4 is 15.9 Å². The van der Waals surface area contributed by atoms with E-state index >= 15 is 0 Å². The van der Waals surface area contributed by atoms with Gasteiger partial charge in [-0.1, -0.05) is 34.5 Å². The molecule has 100 valence electrons. The lowest BCUT2D eigenvalue weighted by Crippen LogP contribution is -2.43. The minimum Gasteiger partial charge on any atom is -0.326 e. The molecule has 1 aliphatic rings. The molecule has 1 aliphatic heterocycles. The van der Waals surface area contributed by atoms with Gasteiger partial charge in [-0.15, -0.1) is 0 Å². The van der Waals surface area contributed by atoms with Crippen LogP contribution < -0.4 is 5.73 Å². The van der Waals surface area contributed by atoms with Crippen molar-refractivity contribution in [2.75, 3.05) is 6.54 Å². The van der Waals surface area contributed by atoms with Crippen LogP contribution in [0.25, 0.3) is 0 Å². The average Bonchev–Trinajstić information content (AvgIpc) is 2.52. The summed E-state index contributed by atoms with van der Waals surface area (Å²) in [5.41, 5.74) is 7.77. The fourth-order valence-electron chi connectivity index (χ4n) is 2.90. The Labute approximate surface area is 119 Å². The number of halogens is 1. The van der Waals surface area contributed by atoms with Gasteiger partial charge in [-0.05, 0) is 50.9 Å². The second-order valence-electron chi connectivity index (χ2n) is 5.49. The molecule has 0 spiro atoms.